The Labute approximate surface area is 150 Å². The lowest BCUT2D eigenvalue weighted by atomic mass is 10.3. The molecule has 138 valence electrons. The lowest BCUT2D eigenvalue weighted by molar-refractivity contribution is 0.0683. The Morgan fingerprint density at radius 2 is 2.08 bits per heavy atom. The molecule has 1 fully saturated rings. The molecule has 0 spiro atoms. The zero-order valence-corrected chi connectivity index (χ0v) is 14.9. The molecule has 0 radical (unpaired) electrons. The quantitative estimate of drug-likeness (QED) is 0.694. The molecule has 3 aromatic heterocycles. The van der Waals surface area contributed by atoms with Gasteiger partial charge in [-0.05, 0) is 13.8 Å². The minimum atomic E-state index is -0.149. The van der Waals surface area contributed by atoms with Crippen molar-refractivity contribution in [1.82, 2.24) is 35.0 Å². The number of anilines is 1. The van der Waals surface area contributed by atoms with E-state index in [-0.39, 0.29) is 6.10 Å². The van der Waals surface area contributed by atoms with Crippen molar-refractivity contribution in [2.75, 3.05) is 37.7 Å². The number of H-pyrrole nitrogens is 1. The Morgan fingerprint density at radius 3 is 2.88 bits per heavy atom. The van der Waals surface area contributed by atoms with E-state index in [0.29, 0.717) is 30.5 Å². The summed E-state index contributed by atoms with van der Waals surface area (Å²) in [6.07, 6.45) is 3.06. The Balaban J connectivity index is 1.36. The van der Waals surface area contributed by atoms with E-state index in [2.05, 4.69) is 39.9 Å². The monoisotopic (exact) mass is 358 g/mol. The predicted octanol–water partition coefficient (Wildman–Crippen LogP) is 1.16. The van der Waals surface area contributed by atoms with Gasteiger partial charge in [0.25, 0.3) is 0 Å². The van der Waals surface area contributed by atoms with E-state index in [1.54, 1.807) is 12.7 Å². The molecule has 0 aliphatic carbocycles. The lowest BCUT2D eigenvalue weighted by Crippen LogP contribution is -2.46. The van der Waals surface area contributed by atoms with Gasteiger partial charge in [0, 0.05) is 32.8 Å². The van der Waals surface area contributed by atoms with Crippen molar-refractivity contribution in [2.24, 2.45) is 0 Å². The van der Waals surface area contributed by atoms with Crippen LogP contribution in [-0.4, -0.2) is 67.8 Å². The molecule has 1 saturated heterocycles. The third-order valence-corrected chi connectivity index (χ3v) is 4.50. The van der Waals surface area contributed by atoms with Crippen molar-refractivity contribution < 1.29 is 9.26 Å². The average Bonchev–Trinajstić information content (AvgIpc) is 3.31. The van der Waals surface area contributed by atoms with E-state index in [4.69, 9.17) is 9.26 Å². The highest BCUT2D eigenvalue weighted by molar-refractivity contribution is 5.82. The molecule has 0 saturated carbocycles. The van der Waals surface area contributed by atoms with Crippen LogP contribution in [0.5, 0.6) is 0 Å². The van der Waals surface area contributed by atoms with E-state index in [0.717, 1.165) is 37.5 Å². The molecule has 4 rings (SSSR count). The largest absolute Gasteiger partial charge is 0.371 e. The van der Waals surface area contributed by atoms with E-state index in [1.807, 2.05) is 13.8 Å². The van der Waals surface area contributed by atoms with Crippen LogP contribution in [0, 0.1) is 0 Å². The summed E-state index contributed by atoms with van der Waals surface area (Å²) in [4.78, 5) is 24.9. The van der Waals surface area contributed by atoms with Gasteiger partial charge in [0.05, 0.1) is 12.9 Å². The van der Waals surface area contributed by atoms with Crippen LogP contribution in [0.4, 0.5) is 5.82 Å². The normalized spacial score (nSPS) is 17.1. The van der Waals surface area contributed by atoms with E-state index >= 15 is 0 Å². The van der Waals surface area contributed by atoms with Crippen LogP contribution in [-0.2, 0) is 11.3 Å². The van der Waals surface area contributed by atoms with Gasteiger partial charge in [-0.15, -0.1) is 0 Å². The highest BCUT2D eigenvalue weighted by atomic mass is 16.5. The molecule has 1 atom stereocenters. The van der Waals surface area contributed by atoms with E-state index in [1.165, 1.54) is 0 Å². The number of aromatic nitrogens is 6. The first kappa shape index (κ1) is 16.9. The summed E-state index contributed by atoms with van der Waals surface area (Å²) < 4.78 is 10.9. The van der Waals surface area contributed by atoms with E-state index in [9.17, 15) is 0 Å². The molecule has 1 aliphatic heterocycles. The van der Waals surface area contributed by atoms with Gasteiger partial charge in [-0.2, -0.15) is 4.98 Å². The number of rotatable bonds is 6. The minimum Gasteiger partial charge on any atom is -0.371 e. The number of piperazine rings is 1. The number of nitrogens with one attached hydrogen (secondary N) is 1. The number of imidazole rings is 1. The molecule has 26 heavy (non-hydrogen) atoms. The molecule has 1 unspecified atom stereocenters. The van der Waals surface area contributed by atoms with Crippen LogP contribution in [0.1, 0.15) is 31.7 Å². The highest BCUT2D eigenvalue weighted by Gasteiger charge is 2.23. The van der Waals surface area contributed by atoms with Crippen molar-refractivity contribution in [3.63, 3.8) is 0 Å². The number of hydrogen-bond donors (Lipinski definition) is 1. The second-order valence-electron chi connectivity index (χ2n) is 6.21. The van der Waals surface area contributed by atoms with Crippen LogP contribution >= 0.6 is 0 Å². The zero-order chi connectivity index (χ0) is 17.9. The maximum absolute atomic E-state index is 5.50. The molecule has 0 bridgehead atoms. The maximum Gasteiger partial charge on any atom is 0.240 e. The van der Waals surface area contributed by atoms with Crippen molar-refractivity contribution in [1.29, 1.82) is 0 Å². The van der Waals surface area contributed by atoms with Crippen LogP contribution in [0.2, 0.25) is 0 Å². The Morgan fingerprint density at radius 1 is 1.23 bits per heavy atom. The van der Waals surface area contributed by atoms with Crippen LogP contribution in [0.3, 0.4) is 0 Å². The molecular formula is C16H22N8O2. The molecule has 4 heterocycles. The summed E-state index contributed by atoms with van der Waals surface area (Å²) in [6, 6.07) is 0. The minimum absolute atomic E-state index is 0.149. The Bertz CT molecular complexity index is 855. The third-order valence-electron chi connectivity index (χ3n) is 4.50. The molecule has 0 amide bonds. The van der Waals surface area contributed by atoms with Crippen LogP contribution in [0.15, 0.2) is 17.2 Å². The fourth-order valence-electron chi connectivity index (χ4n) is 3.12. The van der Waals surface area contributed by atoms with Crippen molar-refractivity contribution in [3.8, 4) is 0 Å². The summed E-state index contributed by atoms with van der Waals surface area (Å²) in [5.41, 5.74) is 1.58. The van der Waals surface area contributed by atoms with Gasteiger partial charge in [-0.25, -0.2) is 15.0 Å². The molecule has 10 heteroatoms. The van der Waals surface area contributed by atoms with Crippen molar-refractivity contribution in [2.45, 2.75) is 26.5 Å². The summed E-state index contributed by atoms with van der Waals surface area (Å²) >= 11 is 0. The molecule has 1 N–H and O–H groups in total. The first-order chi connectivity index (χ1) is 12.7. The second-order valence-corrected chi connectivity index (χ2v) is 6.21. The van der Waals surface area contributed by atoms with Crippen LogP contribution in [0.25, 0.3) is 11.2 Å². The fraction of sp³-hybridized carbons (Fsp3) is 0.562. The number of hydrogen-bond acceptors (Lipinski definition) is 9. The number of nitrogens with zero attached hydrogens (tertiary/aromatic N) is 7. The van der Waals surface area contributed by atoms with Gasteiger partial charge in [-0.3, -0.25) is 4.90 Å². The van der Waals surface area contributed by atoms with Gasteiger partial charge in [0.1, 0.15) is 17.9 Å². The molecule has 0 aromatic carbocycles. The van der Waals surface area contributed by atoms with Gasteiger partial charge < -0.3 is 19.1 Å². The zero-order valence-electron chi connectivity index (χ0n) is 14.9. The van der Waals surface area contributed by atoms with E-state index < -0.39 is 0 Å². The van der Waals surface area contributed by atoms with Crippen molar-refractivity contribution >= 4 is 17.0 Å². The second kappa shape index (κ2) is 7.34. The fourth-order valence-corrected chi connectivity index (χ4v) is 3.12. The Hall–Kier alpha value is -2.59. The van der Waals surface area contributed by atoms with Gasteiger partial charge in [-0.1, -0.05) is 5.16 Å². The summed E-state index contributed by atoms with van der Waals surface area (Å²) in [5, 5.41) is 4.01. The number of fused-ring (bicyclic) bond motifs is 1. The standard InChI is InChI=1S/C16H22N8O2/c1-3-25-11(2)14-21-12(26-22-14)8-23-4-6-24(7-5-23)16-13-15(18-9-17-13)19-10-20-16/h9-11H,3-8H2,1-2H3,(H,17,18,19,20). The predicted molar refractivity (Wildman–Crippen MR) is 93.5 cm³/mol. The summed E-state index contributed by atoms with van der Waals surface area (Å²) in [6.45, 7) is 8.64. The third kappa shape index (κ3) is 3.37. The summed E-state index contributed by atoms with van der Waals surface area (Å²) in [7, 11) is 0. The Kier molecular flexibility index (Phi) is 4.76. The van der Waals surface area contributed by atoms with Gasteiger partial charge in [0.15, 0.2) is 17.3 Å². The molecule has 3 aromatic rings. The van der Waals surface area contributed by atoms with Gasteiger partial charge >= 0.3 is 0 Å². The SMILES string of the molecule is CCOC(C)c1noc(CN2CCN(c3ncnc4nc[nH]c34)CC2)n1. The van der Waals surface area contributed by atoms with Gasteiger partial charge in [0.2, 0.25) is 5.89 Å². The smallest absolute Gasteiger partial charge is 0.240 e. The number of ether oxygens (including phenoxy) is 1. The molecular weight excluding hydrogens is 336 g/mol. The topological polar surface area (TPSA) is 109 Å². The van der Waals surface area contributed by atoms with Crippen LogP contribution < -0.4 is 4.90 Å². The molecule has 10 nitrogen and oxygen atoms in total. The average molecular weight is 358 g/mol. The highest BCUT2D eigenvalue weighted by Crippen LogP contribution is 2.21. The maximum atomic E-state index is 5.50. The molecule has 1 aliphatic rings. The lowest BCUT2D eigenvalue weighted by Gasteiger charge is -2.34. The number of aromatic amines is 1. The first-order valence-corrected chi connectivity index (χ1v) is 8.80. The van der Waals surface area contributed by atoms with Crippen molar-refractivity contribution in [3.05, 3.63) is 24.4 Å². The first-order valence-electron chi connectivity index (χ1n) is 8.80. The summed E-state index contributed by atoms with van der Waals surface area (Å²) in [5.74, 6) is 2.12.